The SMILES string of the molecule is COCC(=O)Nc1cc(Cl)ccc1-c1ccc(CCC(=O)O)n1-c1ccc(C(N)=O)cc1C. The van der Waals surface area contributed by atoms with Gasteiger partial charge < -0.3 is 25.5 Å². The molecule has 0 unspecified atom stereocenters. The number of halogens is 1. The molecule has 33 heavy (non-hydrogen) atoms. The van der Waals surface area contributed by atoms with Crippen molar-refractivity contribution < 1.29 is 24.2 Å². The number of primary amides is 1. The Kier molecular flexibility index (Phi) is 7.52. The lowest BCUT2D eigenvalue weighted by Crippen LogP contribution is -2.18. The third kappa shape index (κ3) is 5.60. The summed E-state index contributed by atoms with van der Waals surface area (Å²) >= 11 is 6.19. The van der Waals surface area contributed by atoms with Crippen LogP contribution in [0, 0.1) is 6.92 Å². The Morgan fingerprint density at radius 1 is 1.12 bits per heavy atom. The highest BCUT2D eigenvalue weighted by Gasteiger charge is 2.19. The van der Waals surface area contributed by atoms with Crippen LogP contribution in [-0.4, -0.2) is 41.2 Å². The van der Waals surface area contributed by atoms with Crippen molar-refractivity contribution in [1.82, 2.24) is 4.57 Å². The van der Waals surface area contributed by atoms with Gasteiger partial charge in [-0.2, -0.15) is 0 Å². The van der Waals surface area contributed by atoms with E-state index in [0.29, 0.717) is 21.8 Å². The molecule has 1 aromatic heterocycles. The number of nitrogens with two attached hydrogens (primary N) is 1. The van der Waals surface area contributed by atoms with Gasteiger partial charge in [0.15, 0.2) is 0 Å². The number of carboxylic acids is 1. The molecule has 172 valence electrons. The number of carboxylic acid groups (broad SMARTS) is 1. The van der Waals surface area contributed by atoms with Gasteiger partial charge in [-0.25, -0.2) is 0 Å². The number of nitrogens with one attached hydrogen (secondary N) is 1. The van der Waals surface area contributed by atoms with Gasteiger partial charge in [-0.05, 0) is 67.4 Å². The van der Waals surface area contributed by atoms with Crippen LogP contribution in [0.3, 0.4) is 0 Å². The van der Waals surface area contributed by atoms with Crippen molar-refractivity contribution in [2.45, 2.75) is 19.8 Å². The van der Waals surface area contributed by atoms with Gasteiger partial charge in [0.1, 0.15) is 6.61 Å². The summed E-state index contributed by atoms with van der Waals surface area (Å²) < 4.78 is 6.82. The average Bonchev–Trinajstić information content (AvgIpc) is 3.15. The first-order valence-corrected chi connectivity index (χ1v) is 10.5. The van der Waals surface area contributed by atoms with E-state index in [1.54, 1.807) is 36.4 Å². The Labute approximate surface area is 195 Å². The number of hydrogen-bond donors (Lipinski definition) is 3. The highest BCUT2D eigenvalue weighted by atomic mass is 35.5. The lowest BCUT2D eigenvalue weighted by Gasteiger charge is -2.19. The number of aliphatic carboxylic acids is 1. The number of carbonyl (C=O) groups excluding carboxylic acids is 2. The molecule has 0 aliphatic rings. The first-order valence-electron chi connectivity index (χ1n) is 10.1. The maximum absolute atomic E-state index is 12.2. The van der Waals surface area contributed by atoms with Gasteiger partial charge in [0.05, 0.1) is 17.8 Å². The molecule has 9 heteroatoms. The molecule has 4 N–H and O–H groups in total. The van der Waals surface area contributed by atoms with Crippen LogP contribution in [0.4, 0.5) is 5.69 Å². The minimum absolute atomic E-state index is 0.0556. The molecule has 0 saturated carbocycles. The molecule has 0 aliphatic heterocycles. The van der Waals surface area contributed by atoms with Gasteiger partial charge in [0.2, 0.25) is 11.8 Å². The second kappa shape index (κ2) is 10.3. The molecule has 2 aromatic carbocycles. The highest BCUT2D eigenvalue weighted by Crippen LogP contribution is 2.35. The van der Waals surface area contributed by atoms with E-state index in [1.165, 1.54) is 7.11 Å². The number of methoxy groups -OCH3 is 1. The van der Waals surface area contributed by atoms with Gasteiger partial charge >= 0.3 is 5.97 Å². The molecule has 0 spiro atoms. The summed E-state index contributed by atoms with van der Waals surface area (Å²) in [6, 6.07) is 13.9. The maximum atomic E-state index is 12.2. The Balaban J connectivity index is 2.19. The van der Waals surface area contributed by atoms with Crippen LogP contribution in [0.25, 0.3) is 16.9 Å². The maximum Gasteiger partial charge on any atom is 0.303 e. The van der Waals surface area contributed by atoms with Crippen LogP contribution in [0.15, 0.2) is 48.5 Å². The summed E-state index contributed by atoms with van der Waals surface area (Å²) in [5, 5.41) is 12.5. The average molecular weight is 470 g/mol. The molecule has 0 aliphatic carbocycles. The number of aromatic nitrogens is 1. The smallest absolute Gasteiger partial charge is 0.303 e. The quantitative estimate of drug-likeness (QED) is 0.439. The van der Waals surface area contributed by atoms with E-state index in [-0.39, 0.29) is 25.4 Å². The Bertz CT molecular complexity index is 1220. The molecule has 0 saturated heterocycles. The van der Waals surface area contributed by atoms with Crippen LogP contribution < -0.4 is 11.1 Å². The van der Waals surface area contributed by atoms with Gasteiger partial charge in [0, 0.05) is 34.6 Å². The number of anilines is 1. The van der Waals surface area contributed by atoms with E-state index < -0.39 is 11.9 Å². The molecule has 0 atom stereocenters. The first-order chi connectivity index (χ1) is 15.7. The first kappa shape index (κ1) is 24.0. The van der Waals surface area contributed by atoms with E-state index in [4.69, 9.17) is 22.1 Å². The van der Waals surface area contributed by atoms with Gasteiger partial charge in [0.25, 0.3) is 0 Å². The Morgan fingerprint density at radius 2 is 1.88 bits per heavy atom. The number of nitrogens with zero attached hydrogens (tertiary/aromatic N) is 1. The molecule has 0 radical (unpaired) electrons. The lowest BCUT2D eigenvalue weighted by atomic mass is 10.1. The summed E-state index contributed by atoms with van der Waals surface area (Å²) in [6.07, 6.45) is 0.227. The second-order valence-corrected chi connectivity index (χ2v) is 7.91. The predicted molar refractivity (Wildman–Crippen MR) is 126 cm³/mol. The lowest BCUT2D eigenvalue weighted by molar-refractivity contribution is -0.137. The third-order valence-corrected chi connectivity index (χ3v) is 5.32. The number of benzene rings is 2. The van der Waals surface area contributed by atoms with Gasteiger partial charge in [-0.3, -0.25) is 14.4 Å². The minimum Gasteiger partial charge on any atom is -0.481 e. The van der Waals surface area contributed by atoms with E-state index in [2.05, 4.69) is 5.32 Å². The predicted octanol–water partition coefficient (Wildman–Crippen LogP) is 3.81. The molecular formula is C24H24ClN3O5. The van der Waals surface area contributed by atoms with Gasteiger partial charge in [-0.1, -0.05) is 11.6 Å². The summed E-state index contributed by atoms with van der Waals surface area (Å²) in [6.45, 7) is 1.72. The summed E-state index contributed by atoms with van der Waals surface area (Å²) in [5.41, 5.74) is 9.96. The molecule has 0 fully saturated rings. The molecule has 1 heterocycles. The van der Waals surface area contributed by atoms with Crippen molar-refractivity contribution in [3.63, 3.8) is 0 Å². The molecular weight excluding hydrogens is 446 g/mol. The summed E-state index contributed by atoms with van der Waals surface area (Å²) in [4.78, 5) is 35.0. The topological polar surface area (TPSA) is 124 Å². The van der Waals surface area contributed by atoms with Crippen molar-refractivity contribution in [1.29, 1.82) is 0 Å². The fourth-order valence-electron chi connectivity index (χ4n) is 3.62. The van der Waals surface area contributed by atoms with E-state index >= 15 is 0 Å². The fourth-order valence-corrected chi connectivity index (χ4v) is 3.80. The zero-order valence-corrected chi connectivity index (χ0v) is 19.0. The van der Waals surface area contributed by atoms with Crippen molar-refractivity contribution in [2.24, 2.45) is 5.73 Å². The number of aryl methyl sites for hydroxylation is 2. The number of carbonyl (C=O) groups is 3. The fraction of sp³-hybridized carbons (Fsp3) is 0.208. The van der Waals surface area contributed by atoms with Crippen molar-refractivity contribution >= 4 is 35.1 Å². The monoisotopic (exact) mass is 469 g/mol. The van der Waals surface area contributed by atoms with Crippen LogP contribution in [-0.2, 0) is 20.7 Å². The van der Waals surface area contributed by atoms with Gasteiger partial charge in [-0.15, -0.1) is 0 Å². The van der Waals surface area contributed by atoms with Crippen LogP contribution in [0.2, 0.25) is 5.02 Å². The molecule has 3 aromatic rings. The van der Waals surface area contributed by atoms with Crippen molar-refractivity contribution in [3.8, 4) is 16.9 Å². The molecule has 2 amide bonds. The standard InChI is InChI=1S/C24H24ClN3O5/c1-14-11-15(24(26)32)3-8-20(14)28-17(6-10-23(30)31)5-9-21(28)18-7-4-16(25)12-19(18)27-22(29)13-33-2/h3-5,7-9,11-12H,6,10,13H2,1-2H3,(H2,26,32)(H,27,29)(H,30,31). The Hall–Kier alpha value is -3.62. The van der Waals surface area contributed by atoms with E-state index in [9.17, 15) is 19.5 Å². The van der Waals surface area contributed by atoms with Crippen molar-refractivity contribution in [2.75, 3.05) is 19.0 Å². The van der Waals surface area contributed by atoms with E-state index in [0.717, 1.165) is 22.6 Å². The number of ether oxygens (including phenoxy) is 1. The second-order valence-electron chi connectivity index (χ2n) is 7.48. The van der Waals surface area contributed by atoms with Crippen LogP contribution in [0.5, 0.6) is 0 Å². The van der Waals surface area contributed by atoms with Crippen molar-refractivity contribution in [3.05, 3.63) is 70.4 Å². The zero-order valence-electron chi connectivity index (χ0n) is 18.2. The Morgan fingerprint density at radius 3 is 2.52 bits per heavy atom. The number of rotatable bonds is 9. The molecule has 3 rings (SSSR count). The number of amides is 2. The van der Waals surface area contributed by atoms with Crippen LogP contribution >= 0.6 is 11.6 Å². The summed E-state index contributed by atoms with van der Waals surface area (Å²) in [5.74, 6) is -1.79. The third-order valence-electron chi connectivity index (χ3n) is 5.09. The highest BCUT2D eigenvalue weighted by molar-refractivity contribution is 6.31. The van der Waals surface area contributed by atoms with Crippen LogP contribution in [0.1, 0.15) is 28.0 Å². The normalized spacial score (nSPS) is 10.8. The minimum atomic E-state index is -0.913. The summed E-state index contributed by atoms with van der Waals surface area (Å²) in [7, 11) is 1.43. The number of hydrogen-bond acceptors (Lipinski definition) is 4. The molecule has 0 bridgehead atoms. The van der Waals surface area contributed by atoms with E-state index in [1.807, 2.05) is 23.6 Å². The zero-order chi connectivity index (χ0) is 24.1. The molecule has 8 nitrogen and oxygen atoms in total. The largest absolute Gasteiger partial charge is 0.481 e.